The lowest BCUT2D eigenvalue weighted by atomic mass is 10.1. The van der Waals surface area contributed by atoms with Gasteiger partial charge in [-0.2, -0.15) is 26.3 Å². The van der Waals surface area contributed by atoms with Crippen molar-refractivity contribution >= 4 is 23.2 Å². The van der Waals surface area contributed by atoms with E-state index in [-0.39, 0.29) is 5.69 Å². The minimum absolute atomic E-state index is 0.342. The number of alkyl halides is 7. The molecule has 0 aliphatic rings. The fourth-order valence-corrected chi connectivity index (χ4v) is 1.12. The normalized spacial score (nSPS) is 13.2. The molecule has 3 nitrogen and oxygen atoms in total. The number of aromatic nitrogens is 1. The van der Waals surface area contributed by atoms with Crippen molar-refractivity contribution in [3.8, 4) is 0 Å². The van der Waals surface area contributed by atoms with E-state index in [1.54, 1.807) is 0 Å². The summed E-state index contributed by atoms with van der Waals surface area (Å²) in [6.07, 6.45) is -9.91. The molecular weight excluding hydrogens is 302 g/mol. The van der Waals surface area contributed by atoms with E-state index in [2.05, 4.69) is 16.6 Å². The molecule has 0 radical (unpaired) electrons. The highest BCUT2D eigenvalue weighted by atomic mass is 35.5. The van der Waals surface area contributed by atoms with Crippen molar-refractivity contribution in [3.63, 3.8) is 0 Å². The molecule has 0 atom stereocenters. The molecule has 19 heavy (non-hydrogen) atoms. The average molecular weight is 307 g/mol. The van der Waals surface area contributed by atoms with E-state index in [4.69, 9.17) is 0 Å². The lowest BCUT2D eigenvalue weighted by Crippen LogP contribution is -2.60. The van der Waals surface area contributed by atoms with E-state index < -0.39 is 23.1 Å². The summed E-state index contributed by atoms with van der Waals surface area (Å²) in [6, 6.07) is 2.28. The molecule has 1 heterocycles. The largest absolute Gasteiger partial charge is 0.425 e. The molecule has 1 rings (SSSR count). The molecule has 0 saturated heterocycles. The van der Waals surface area contributed by atoms with Crippen LogP contribution in [0.4, 0.5) is 32.0 Å². The molecule has 1 aromatic rings. The lowest BCUT2D eigenvalue weighted by Gasteiger charge is -2.29. The average Bonchev–Trinajstić information content (AvgIpc) is 2.26. The number of carbonyl (C=O) groups is 1. The van der Waals surface area contributed by atoms with Crippen molar-refractivity contribution < 1.29 is 31.1 Å². The first-order valence-corrected chi connectivity index (χ1v) is 4.92. The summed E-state index contributed by atoms with van der Waals surface area (Å²) in [5.74, 6) is -2.44. The maximum Gasteiger partial charge on any atom is 0.425 e. The Labute approximate surface area is 107 Å². The van der Waals surface area contributed by atoms with Gasteiger partial charge in [0.25, 0.3) is 5.91 Å². The zero-order valence-electron chi connectivity index (χ0n) is 8.81. The van der Waals surface area contributed by atoms with Gasteiger partial charge in [0, 0.05) is 6.20 Å². The minimum Gasteiger partial charge on any atom is -0.323 e. The molecule has 0 bridgehead atoms. The van der Waals surface area contributed by atoms with Crippen molar-refractivity contribution in [2.24, 2.45) is 0 Å². The van der Waals surface area contributed by atoms with Gasteiger partial charge in [0.05, 0.1) is 11.9 Å². The van der Waals surface area contributed by atoms with Crippen LogP contribution in [0.3, 0.4) is 0 Å². The second-order valence-electron chi connectivity index (χ2n) is 3.35. The molecular formula is C9H5ClF6N2O. The zero-order chi connectivity index (χ0) is 14.9. The minimum atomic E-state index is -6.00. The van der Waals surface area contributed by atoms with Crippen LogP contribution in [0, 0.1) is 0 Å². The maximum atomic E-state index is 12.4. The van der Waals surface area contributed by atoms with Gasteiger partial charge >= 0.3 is 17.2 Å². The van der Waals surface area contributed by atoms with Gasteiger partial charge in [-0.25, -0.2) is 0 Å². The summed E-state index contributed by atoms with van der Waals surface area (Å²) in [7, 11) is 0. The zero-order valence-corrected chi connectivity index (χ0v) is 9.57. The highest BCUT2D eigenvalue weighted by Gasteiger charge is 2.75. The molecule has 0 saturated carbocycles. The Bertz CT molecular complexity index is 444. The van der Waals surface area contributed by atoms with Crippen molar-refractivity contribution in [2.75, 3.05) is 5.32 Å². The standard InChI is InChI=1S/C9H5ClF6N2O/c10-7(8(11,12)13,9(14,15)16)6(19)18-5-2-1-3-17-4-5/h1-4H,(H,18,19). The molecule has 0 spiro atoms. The van der Waals surface area contributed by atoms with Gasteiger partial charge in [-0.1, -0.05) is 11.6 Å². The van der Waals surface area contributed by atoms with Crippen LogP contribution >= 0.6 is 11.6 Å². The number of amides is 1. The maximum absolute atomic E-state index is 12.4. The molecule has 0 unspecified atom stereocenters. The molecule has 0 aliphatic heterocycles. The molecule has 0 aromatic carbocycles. The molecule has 0 fully saturated rings. The Balaban J connectivity index is 3.11. The molecule has 1 aromatic heterocycles. The fraction of sp³-hybridized carbons (Fsp3) is 0.333. The summed E-state index contributed by atoms with van der Waals surface area (Å²) in [4.78, 5) is 9.62. The van der Waals surface area contributed by atoms with Gasteiger partial charge in [0.15, 0.2) is 0 Å². The number of nitrogens with zero attached hydrogens (tertiary/aromatic N) is 1. The van der Waals surface area contributed by atoms with Gasteiger partial charge < -0.3 is 5.32 Å². The number of hydrogen-bond donors (Lipinski definition) is 1. The third-order valence-corrected chi connectivity index (χ3v) is 2.61. The van der Waals surface area contributed by atoms with Crippen LogP contribution in [-0.2, 0) is 4.79 Å². The fourth-order valence-electron chi connectivity index (χ4n) is 1.07. The summed E-state index contributed by atoms with van der Waals surface area (Å²) >= 11 is 4.51. The van der Waals surface area contributed by atoms with Crippen molar-refractivity contribution in [2.45, 2.75) is 17.2 Å². The summed E-state index contributed by atoms with van der Waals surface area (Å²) < 4.78 is 74.6. The predicted octanol–water partition coefficient (Wildman–Crippen LogP) is 3.12. The van der Waals surface area contributed by atoms with Crippen LogP contribution in [0.2, 0.25) is 0 Å². The van der Waals surface area contributed by atoms with Crippen LogP contribution in [0.5, 0.6) is 0 Å². The van der Waals surface area contributed by atoms with E-state index in [0.29, 0.717) is 0 Å². The Kier molecular flexibility index (Phi) is 3.99. The molecule has 0 aliphatic carbocycles. The third-order valence-electron chi connectivity index (χ3n) is 2.01. The topological polar surface area (TPSA) is 42.0 Å². The quantitative estimate of drug-likeness (QED) is 0.674. The molecule has 1 amide bonds. The Hall–Kier alpha value is -1.51. The number of rotatable bonds is 2. The first-order chi connectivity index (χ1) is 8.50. The Morgan fingerprint density at radius 1 is 1.16 bits per heavy atom. The van der Waals surface area contributed by atoms with Gasteiger partial charge in [0.2, 0.25) is 0 Å². The van der Waals surface area contributed by atoms with Gasteiger partial charge in [-0.05, 0) is 12.1 Å². The van der Waals surface area contributed by atoms with Crippen molar-refractivity contribution in [3.05, 3.63) is 24.5 Å². The van der Waals surface area contributed by atoms with E-state index in [9.17, 15) is 31.1 Å². The second-order valence-corrected chi connectivity index (χ2v) is 3.92. The van der Waals surface area contributed by atoms with Crippen LogP contribution in [0.15, 0.2) is 24.5 Å². The first-order valence-electron chi connectivity index (χ1n) is 4.54. The van der Waals surface area contributed by atoms with Gasteiger partial charge in [0.1, 0.15) is 0 Å². The molecule has 106 valence electrons. The number of pyridine rings is 1. The van der Waals surface area contributed by atoms with Gasteiger partial charge in [-0.15, -0.1) is 0 Å². The Morgan fingerprint density at radius 3 is 2.05 bits per heavy atom. The number of anilines is 1. The van der Waals surface area contributed by atoms with Crippen LogP contribution in [0.1, 0.15) is 0 Å². The highest BCUT2D eigenvalue weighted by molar-refractivity contribution is 6.38. The molecule has 1 N–H and O–H groups in total. The lowest BCUT2D eigenvalue weighted by molar-refractivity contribution is -0.258. The summed E-state index contributed by atoms with van der Waals surface area (Å²) in [5.41, 5.74) is -0.342. The molecule has 10 heteroatoms. The van der Waals surface area contributed by atoms with Crippen molar-refractivity contribution in [1.82, 2.24) is 4.98 Å². The third kappa shape index (κ3) is 2.91. The number of halogens is 7. The van der Waals surface area contributed by atoms with Crippen molar-refractivity contribution in [1.29, 1.82) is 0 Å². The monoisotopic (exact) mass is 306 g/mol. The van der Waals surface area contributed by atoms with Crippen LogP contribution < -0.4 is 5.32 Å². The van der Waals surface area contributed by atoms with Crippen LogP contribution in [0.25, 0.3) is 0 Å². The van der Waals surface area contributed by atoms with Crippen LogP contribution in [-0.4, -0.2) is 28.1 Å². The number of carbonyl (C=O) groups excluding carboxylic acids is 1. The predicted molar refractivity (Wildman–Crippen MR) is 53.6 cm³/mol. The van der Waals surface area contributed by atoms with E-state index in [0.717, 1.165) is 12.3 Å². The van der Waals surface area contributed by atoms with E-state index in [1.807, 2.05) is 0 Å². The number of hydrogen-bond acceptors (Lipinski definition) is 2. The van der Waals surface area contributed by atoms with Gasteiger partial charge in [-0.3, -0.25) is 9.78 Å². The Morgan fingerprint density at radius 2 is 1.68 bits per heavy atom. The first kappa shape index (κ1) is 15.5. The van der Waals surface area contributed by atoms with E-state index >= 15 is 0 Å². The number of nitrogens with one attached hydrogen (secondary N) is 1. The summed E-state index contributed by atoms with van der Waals surface area (Å²) in [6.45, 7) is 0. The smallest absolute Gasteiger partial charge is 0.323 e. The highest BCUT2D eigenvalue weighted by Crippen LogP contribution is 2.48. The SMILES string of the molecule is O=C(Nc1cccnc1)C(Cl)(C(F)(F)F)C(F)(F)F. The second kappa shape index (κ2) is 4.87. The van der Waals surface area contributed by atoms with E-state index in [1.165, 1.54) is 17.6 Å². The summed E-state index contributed by atoms with van der Waals surface area (Å²) in [5, 5.41) is 1.42.